The van der Waals surface area contributed by atoms with Gasteiger partial charge < -0.3 is 9.84 Å². The molecule has 1 unspecified atom stereocenters. The maximum Gasteiger partial charge on any atom is 0.120 e. The molecule has 0 aromatic heterocycles. The van der Waals surface area contributed by atoms with Crippen LogP contribution in [0.5, 0.6) is 5.75 Å². The summed E-state index contributed by atoms with van der Waals surface area (Å²) in [5, 5.41) is 9.84. The lowest BCUT2D eigenvalue weighted by atomic mass is 10.1. The number of aliphatic hydroxyl groups is 1. The Morgan fingerprint density at radius 2 is 2.27 bits per heavy atom. The molecule has 1 aromatic rings. The lowest BCUT2D eigenvalue weighted by Crippen LogP contribution is -2.17. The average Bonchev–Trinajstić information content (AvgIpc) is 3.03. The van der Waals surface area contributed by atoms with Gasteiger partial charge in [0.2, 0.25) is 0 Å². The third kappa shape index (κ3) is 3.11. The number of ether oxygens (including phenoxy) is 1. The van der Waals surface area contributed by atoms with Gasteiger partial charge in [0.15, 0.2) is 0 Å². The smallest absolute Gasteiger partial charge is 0.120 e. The van der Waals surface area contributed by atoms with E-state index in [0.717, 1.165) is 5.75 Å². The monoisotopic (exact) mass is 226 g/mol. The molecule has 1 atom stereocenters. The van der Waals surface area contributed by atoms with Gasteiger partial charge in [-0.2, -0.15) is 0 Å². The number of rotatable bonds is 5. The summed E-state index contributed by atoms with van der Waals surface area (Å²) in [6.45, 7) is 0.798. The third-order valence-corrected chi connectivity index (χ3v) is 3.02. The van der Waals surface area contributed by atoms with Gasteiger partial charge in [-0.05, 0) is 37.0 Å². The molecular formula is C12H15ClO2. The van der Waals surface area contributed by atoms with Crippen molar-refractivity contribution in [3.8, 4) is 5.75 Å². The van der Waals surface area contributed by atoms with E-state index in [0.29, 0.717) is 17.5 Å². The molecule has 1 fully saturated rings. The minimum absolute atomic E-state index is 0.214. The van der Waals surface area contributed by atoms with E-state index >= 15 is 0 Å². The van der Waals surface area contributed by atoms with Crippen molar-refractivity contribution in [2.75, 3.05) is 13.2 Å². The molecule has 1 aliphatic carbocycles. The Morgan fingerprint density at radius 1 is 1.47 bits per heavy atom. The fourth-order valence-electron chi connectivity index (χ4n) is 1.67. The van der Waals surface area contributed by atoms with E-state index in [1.165, 1.54) is 12.8 Å². The molecule has 0 saturated heterocycles. The second kappa shape index (κ2) is 4.86. The number of benzene rings is 1. The van der Waals surface area contributed by atoms with Crippen molar-refractivity contribution in [3.63, 3.8) is 0 Å². The average molecular weight is 227 g/mol. The summed E-state index contributed by atoms with van der Waals surface area (Å²) in [4.78, 5) is 0. The Kier molecular flexibility index (Phi) is 3.49. The summed E-state index contributed by atoms with van der Waals surface area (Å²) < 4.78 is 5.60. The van der Waals surface area contributed by atoms with Crippen molar-refractivity contribution in [1.29, 1.82) is 0 Å². The second-order valence-corrected chi connectivity index (χ2v) is 4.48. The van der Waals surface area contributed by atoms with Crippen molar-refractivity contribution >= 4 is 11.6 Å². The maximum absolute atomic E-state index is 9.16. The van der Waals surface area contributed by atoms with Crippen molar-refractivity contribution < 1.29 is 9.84 Å². The van der Waals surface area contributed by atoms with Crippen LogP contribution in [0.2, 0.25) is 5.02 Å². The normalized spacial score (nSPS) is 17.5. The third-order valence-electron chi connectivity index (χ3n) is 2.78. The predicted molar refractivity (Wildman–Crippen MR) is 60.2 cm³/mol. The summed E-state index contributed by atoms with van der Waals surface area (Å²) in [5.74, 6) is 1.72. The summed E-state index contributed by atoms with van der Waals surface area (Å²) in [7, 11) is 0. The van der Waals surface area contributed by atoms with Crippen molar-refractivity contribution in [2.24, 2.45) is 11.8 Å². The zero-order chi connectivity index (χ0) is 10.7. The van der Waals surface area contributed by atoms with E-state index in [1.807, 2.05) is 18.2 Å². The summed E-state index contributed by atoms with van der Waals surface area (Å²) in [6, 6.07) is 7.36. The van der Waals surface area contributed by atoms with Gasteiger partial charge in [-0.3, -0.25) is 0 Å². The van der Waals surface area contributed by atoms with Gasteiger partial charge in [-0.25, -0.2) is 0 Å². The Labute approximate surface area is 94.8 Å². The lowest BCUT2D eigenvalue weighted by molar-refractivity contribution is 0.147. The summed E-state index contributed by atoms with van der Waals surface area (Å²) in [5.41, 5.74) is 0. The van der Waals surface area contributed by atoms with Crippen LogP contribution in [-0.2, 0) is 0 Å². The largest absolute Gasteiger partial charge is 0.493 e. The molecule has 0 spiro atoms. The van der Waals surface area contributed by atoms with Crippen LogP contribution in [0.3, 0.4) is 0 Å². The molecule has 0 heterocycles. The fraction of sp³-hybridized carbons (Fsp3) is 0.500. The molecule has 1 N–H and O–H groups in total. The molecule has 2 nitrogen and oxygen atoms in total. The van der Waals surface area contributed by atoms with E-state index in [1.54, 1.807) is 6.07 Å². The molecule has 0 radical (unpaired) electrons. The quantitative estimate of drug-likeness (QED) is 0.837. The maximum atomic E-state index is 9.16. The Morgan fingerprint density at radius 3 is 2.87 bits per heavy atom. The van der Waals surface area contributed by atoms with Gasteiger partial charge in [0.1, 0.15) is 5.75 Å². The molecule has 1 aromatic carbocycles. The summed E-state index contributed by atoms with van der Waals surface area (Å²) >= 11 is 5.84. The number of hydrogen-bond donors (Lipinski definition) is 1. The van der Waals surface area contributed by atoms with E-state index in [4.69, 9.17) is 21.4 Å². The van der Waals surface area contributed by atoms with Gasteiger partial charge in [0.05, 0.1) is 6.61 Å². The standard InChI is InChI=1S/C12H15ClO2/c13-11-2-1-3-12(6-11)15-8-10(7-14)9-4-5-9/h1-3,6,9-10,14H,4-5,7-8H2. The van der Waals surface area contributed by atoms with Crippen LogP contribution in [0.25, 0.3) is 0 Å². The van der Waals surface area contributed by atoms with Crippen LogP contribution in [-0.4, -0.2) is 18.3 Å². The molecule has 0 bridgehead atoms. The molecule has 15 heavy (non-hydrogen) atoms. The Bertz CT molecular complexity index is 323. The molecule has 0 amide bonds. The van der Waals surface area contributed by atoms with Gasteiger partial charge >= 0.3 is 0 Å². The minimum Gasteiger partial charge on any atom is -0.493 e. The van der Waals surface area contributed by atoms with Gasteiger partial charge in [-0.15, -0.1) is 0 Å². The molecule has 0 aliphatic heterocycles. The first kappa shape index (κ1) is 10.8. The molecule has 82 valence electrons. The Hall–Kier alpha value is -0.730. The van der Waals surface area contributed by atoms with Gasteiger partial charge in [0.25, 0.3) is 0 Å². The molecule has 3 heteroatoms. The first-order valence-electron chi connectivity index (χ1n) is 5.29. The fourth-order valence-corrected chi connectivity index (χ4v) is 1.85. The topological polar surface area (TPSA) is 29.5 Å². The molecule has 1 aliphatic rings. The van der Waals surface area contributed by atoms with Crippen LogP contribution >= 0.6 is 11.6 Å². The van der Waals surface area contributed by atoms with Gasteiger partial charge in [0, 0.05) is 17.5 Å². The van der Waals surface area contributed by atoms with Crippen LogP contribution < -0.4 is 4.74 Å². The first-order chi connectivity index (χ1) is 7.29. The minimum atomic E-state index is 0.214. The van der Waals surface area contributed by atoms with Crippen molar-refractivity contribution in [1.82, 2.24) is 0 Å². The molecular weight excluding hydrogens is 212 g/mol. The second-order valence-electron chi connectivity index (χ2n) is 4.05. The molecule has 2 rings (SSSR count). The number of hydrogen-bond acceptors (Lipinski definition) is 2. The lowest BCUT2D eigenvalue weighted by Gasteiger charge is -2.14. The summed E-state index contributed by atoms with van der Waals surface area (Å²) in [6.07, 6.45) is 2.45. The van der Waals surface area contributed by atoms with Crippen LogP contribution in [0.15, 0.2) is 24.3 Å². The highest BCUT2D eigenvalue weighted by Crippen LogP contribution is 2.36. The highest BCUT2D eigenvalue weighted by Gasteiger charge is 2.31. The van der Waals surface area contributed by atoms with E-state index < -0.39 is 0 Å². The van der Waals surface area contributed by atoms with E-state index in [9.17, 15) is 0 Å². The Balaban J connectivity index is 1.86. The zero-order valence-electron chi connectivity index (χ0n) is 8.53. The first-order valence-corrected chi connectivity index (χ1v) is 5.66. The number of halogens is 1. The van der Waals surface area contributed by atoms with Gasteiger partial charge in [-0.1, -0.05) is 17.7 Å². The highest BCUT2D eigenvalue weighted by molar-refractivity contribution is 6.30. The SMILES string of the molecule is OCC(COc1cccc(Cl)c1)C1CC1. The van der Waals surface area contributed by atoms with Crippen LogP contribution in [0.1, 0.15) is 12.8 Å². The van der Waals surface area contributed by atoms with Crippen molar-refractivity contribution in [3.05, 3.63) is 29.3 Å². The number of aliphatic hydroxyl groups excluding tert-OH is 1. The molecule has 1 saturated carbocycles. The highest BCUT2D eigenvalue weighted by atomic mass is 35.5. The van der Waals surface area contributed by atoms with E-state index in [-0.39, 0.29) is 12.5 Å². The predicted octanol–water partition coefficient (Wildman–Crippen LogP) is 2.74. The van der Waals surface area contributed by atoms with Crippen molar-refractivity contribution in [2.45, 2.75) is 12.8 Å². The van der Waals surface area contributed by atoms with Crippen LogP contribution in [0, 0.1) is 11.8 Å². The van der Waals surface area contributed by atoms with E-state index in [2.05, 4.69) is 0 Å². The zero-order valence-corrected chi connectivity index (χ0v) is 9.28. The van der Waals surface area contributed by atoms with Crippen LogP contribution in [0.4, 0.5) is 0 Å².